The van der Waals surface area contributed by atoms with Crippen molar-refractivity contribution in [1.82, 2.24) is 10.6 Å². The molecule has 2 aromatic carbocycles. The number of thioether (sulfide) groups is 1. The van der Waals surface area contributed by atoms with Gasteiger partial charge in [0.1, 0.15) is 11.5 Å². The summed E-state index contributed by atoms with van der Waals surface area (Å²) in [6, 6.07) is 19.6. The molecule has 12 atom stereocenters. The van der Waals surface area contributed by atoms with Crippen LogP contribution in [0.2, 0.25) is 0 Å². The molecule has 0 bridgehead atoms. The van der Waals surface area contributed by atoms with Gasteiger partial charge in [-0.2, -0.15) is 12.6 Å². The number of hydrogen-bond donors (Lipinski definition) is 8. The maximum Gasteiger partial charge on any atom is 0.339 e. The van der Waals surface area contributed by atoms with Crippen molar-refractivity contribution in [3.8, 4) is 0 Å². The predicted octanol–water partition coefficient (Wildman–Crippen LogP) is 6.90. The number of benzene rings is 2. The minimum atomic E-state index is -1.96. The SMILES string of the molecule is CCCCCC(O)[C@H]1C(=O)N[C@@]2([C@@H](O)[C@@H]3C=CCCC3)C(=O)O[C@@]12C.CCCCCC(O)[C@H]1C(=O)N[C@](C(=O)SCc2ccccc2)([C@@H](O)[C@@H]2C=CCCC2)[C@@]1(C)O.SCc1ccccc1. The highest BCUT2D eigenvalue weighted by molar-refractivity contribution is 8.13. The number of hydrogen-bond acceptors (Lipinski definition) is 12. The van der Waals surface area contributed by atoms with Crippen LogP contribution in [0.4, 0.5) is 0 Å². The van der Waals surface area contributed by atoms with Crippen LogP contribution in [-0.4, -0.2) is 95.1 Å². The number of aliphatic hydroxyl groups is 5. The molecule has 3 aliphatic heterocycles. The lowest BCUT2D eigenvalue weighted by Crippen LogP contribution is -2.80. The Morgan fingerprint density at radius 3 is 1.71 bits per heavy atom. The number of aliphatic hydroxyl groups excluding tert-OH is 4. The van der Waals surface area contributed by atoms with Crippen LogP contribution in [-0.2, 0) is 35.4 Å². The summed E-state index contributed by atoms with van der Waals surface area (Å²) in [5, 5.41) is 60.6. The van der Waals surface area contributed by atoms with Crippen LogP contribution in [0.5, 0.6) is 0 Å². The molecule has 0 spiro atoms. The summed E-state index contributed by atoms with van der Waals surface area (Å²) >= 11 is 5.09. The lowest BCUT2D eigenvalue weighted by Gasteiger charge is -2.55. The van der Waals surface area contributed by atoms with Crippen molar-refractivity contribution in [3.05, 3.63) is 96.1 Å². The van der Waals surface area contributed by atoms with Gasteiger partial charge in [-0.25, -0.2) is 4.79 Å². The van der Waals surface area contributed by atoms with Crippen molar-refractivity contribution in [1.29, 1.82) is 0 Å². The van der Waals surface area contributed by atoms with Crippen molar-refractivity contribution >= 4 is 47.3 Å². The minimum absolute atomic E-state index is 0.197. The van der Waals surface area contributed by atoms with E-state index in [1.165, 1.54) is 12.5 Å². The fraction of sp³-hybridized carbons (Fsp3) is 0.615. The Morgan fingerprint density at radius 1 is 0.742 bits per heavy atom. The zero-order chi connectivity index (χ0) is 48.1. The fourth-order valence-electron chi connectivity index (χ4n) is 10.6. The van der Waals surface area contributed by atoms with Gasteiger partial charge in [0.25, 0.3) is 0 Å². The molecule has 0 aromatic heterocycles. The van der Waals surface area contributed by atoms with Gasteiger partial charge in [-0.3, -0.25) is 14.4 Å². The van der Waals surface area contributed by atoms with Crippen molar-refractivity contribution in [2.24, 2.45) is 23.7 Å². The summed E-state index contributed by atoms with van der Waals surface area (Å²) in [5.41, 5.74) is -4.33. The quantitative estimate of drug-likeness (QED) is 0.0334. The van der Waals surface area contributed by atoms with Crippen LogP contribution in [0, 0.1) is 23.7 Å². The highest BCUT2D eigenvalue weighted by Crippen LogP contribution is 2.54. The Bertz CT molecular complexity index is 1970. The van der Waals surface area contributed by atoms with Crippen molar-refractivity contribution in [3.63, 3.8) is 0 Å². The lowest BCUT2D eigenvalue weighted by atomic mass is 9.64. The molecule has 5 aliphatic rings. The number of fused-ring (bicyclic) bond motifs is 1. The Labute approximate surface area is 401 Å². The van der Waals surface area contributed by atoms with Crippen LogP contribution in [0.3, 0.4) is 0 Å². The monoisotopic (exact) mass is 950 g/mol. The summed E-state index contributed by atoms with van der Waals surface area (Å²) in [6.45, 7) is 7.19. The maximum atomic E-state index is 13.7. The zero-order valence-electron chi connectivity index (χ0n) is 39.1. The molecule has 7 rings (SSSR count). The number of carbonyl (C=O) groups excluding carboxylic acids is 4. The molecule has 3 fully saturated rings. The van der Waals surface area contributed by atoms with Crippen molar-refractivity contribution in [2.45, 2.75) is 176 Å². The third-order valence-electron chi connectivity index (χ3n) is 14.4. The zero-order valence-corrected chi connectivity index (χ0v) is 40.9. The minimum Gasteiger partial charge on any atom is -0.453 e. The highest BCUT2D eigenvalue weighted by Gasteiger charge is 2.80. The number of rotatable bonds is 18. The number of nitrogens with one attached hydrogen (secondary N) is 2. The molecule has 0 saturated carbocycles. The Balaban J connectivity index is 0.000000217. The third kappa shape index (κ3) is 11.2. The second kappa shape index (κ2) is 24.2. The molecular formula is C52H74N2O10S2. The van der Waals surface area contributed by atoms with Gasteiger partial charge < -0.3 is 40.9 Å². The number of amides is 2. The third-order valence-corrected chi connectivity index (χ3v) is 15.9. The summed E-state index contributed by atoms with van der Waals surface area (Å²) in [4.78, 5) is 51.9. The first-order valence-corrected chi connectivity index (χ1v) is 25.7. The number of esters is 1. The summed E-state index contributed by atoms with van der Waals surface area (Å²) in [7, 11) is 0. The van der Waals surface area contributed by atoms with Gasteiger partial charge >= 0.3 is 5.97 Å². The van der Waals surface area contributed by atoms with E-state index >= 15 is 0 Å². The van der Waals surface area contributed by atoms with Gasteiger partial charge in [-0.05, 0) is 76.3 Å². The topological polar surface area (TPSA) is 203 Å². The first-order chi connectivity index (χ1) is 31.6. The molecular weight excluding hydrogens is 877 g/mol. The van der Waals surface area contributed by atoms with E-state index < -0.39 is 81.4 Å². The molecule has 2 aliphatic carbocycles. The van der Waals surface area contributed by atoms with E-state index in [0.717, 1.165) is 93.7 Å². The fourth-order valence-corrected chi connectivity index (χ4v) is 11.9. The van der Waals surface area contributed by atoms with Crippen LogP contribution in [0.1, 0.15) is 129 Å². The van der Waals surface area contributed by atoms with Crippen molar-refractivity contribution < 1.29 is 49.4 Å². The number of thiol groups is 1. The van der Waals surface area contributed by atoms with Gasteiger partial charge in [-0.15, -0.1) is 0 Å². The number of carbonyl (C=O) groups is 4. The average Bonchev–Trinajstić information content (AvgIpc) is 3.66. The van der Waals surface area contributed by atoms with E-state index in [4.69, 9.17) is 4.74 Å². The second-order valence-corrected chi connectivity index (χ2v) is 20.2. The van der Waals surface area contributed by atoms with Gasteiger partial charge in [0.05, 0.1) is 30.3 Å². The number of allylic oxidation sites excluding steroid dienone is 2. The first-order valence-electron chi connectivity index (χ1n) is 24.1. The molecule has 12 nitrogen and oxygen atoms in total. The molecule has 7 N–H and O–H groups in total. The van der Waals surface area contributed by atoms with Crippen LogP contribution in [0.25, 0.3) is 0 Å². The molecule has 66 heavy (non-hydrogen) atoms. The van der Waals surface area contributed by atoms with Gasteiger partial charge in [0.15, 0.2) is 11.1 Å². The molecule has 14 heteroatoms. The van der Waals surface area contributed by atoms with Gasteiger partial charge in [0.2, 0.25) is 22.5 Å². The first kappa shape index (κ1) is 53.5. The second-order valence-electron chi connectivity index (χ2n) is 19.0. The number of unbranched alkanes of at least 4 members (excludes halogenated alkanes) is 4. The van der Waals surface area contributed by atoms with E-state index in [2.05, 4.69) is 42.3 Å². The molecule has 0 radical (unpaired) electrons. The normalized spacial score (nSPS) is 31.6. The molecule has 3 saturated heterocycles. The molecule has 3 heterocycles. The van der Waals surface area contributed by atoms with Crippen molar-refractivity contribution in [2.75, 3.05) is 0 Å². The Morgan fingerprint density at radius 2 is 1.24 bits per heavy atom. The van der Waals surface area contributed by atoms with E-state index in [9.17, 15) is 44.7 Å². The highest BCUT2D eigenvalue weighted by atomic mass is 32.2. The molecule has 2 amide bonds. The van der Waals surface area contributed by atoms with E-state index in [0.29, 0.717) is 25.0 Å². The largest absolute Gasteiger partial charge is 0.453 e. The van der Waals surface area contributed by atoms with Crippen LogP contribution >= 0.6 is 24.4 Å². The van der Waals surface area contributed by atoms with Gasteiger partial charge in [-0.1, -0.05) is 149 Å². The maximum absolute atomic E-state index is 13.7. The molecule has 2 unspecified atom stereocenters. The molecule has 364 valence electrons. The van der Waals surface area contributed by atoms with Crippen LogP contribution < -0.4 is 10.6 Å². The average molecular weight is 951 g/mol. The predicted molar refractivity (Wildman–Crippen MR) is 261 cm³/mol. The number of ether oxygens (including phenoxy) is 1. The van der Waals surface area contributed by atoms with E-state index in [1.54, 1.807) is 6.92 Å². The van der Waals surface area contributed by atoms with E-state index in [-0.39, 0.29) is 11.8 Å². The Kier molecular flexibility index (Phi) is 19.6. The van der Waals surface area contributed by atoms with Crippen LogP contribution in [0.15, 0.2) is 85.0 Å². The summed E-state index contributed by atoms with van der Waals surface area (Å²) < 4.78 is 5.41. The summed E-state index contributed by atoms with van der Waals surface area (Å²) in [5.74, 6) is -3.02. The Hall–Kier alpha value is -3.50. The summed E-state index contributed by atoms with van der Waals surface area (Å²) in [6.07, 6.45) is 14.7. The lowest BCUT2D eigenvalue weighted by molar-refractivity contribution is -0.243. The standard InChI is InChI=1S/C26H37NO5S.C19H29NO5.C7H8S/c1-3-4-7-16-20(28)21-23(30)27-26(25(21,2)32,22(29)19-14-10-6-11-15-19)24(31)33-17-18-12-8-5-9-13-18;1-3-4-6-11-13(21)14-16(23)20-19(17(24)25-18(14,19)2)15(22)12-9-7-5-8-10-12;8-6-7-4-2-1-3-5-7/h5,8-10,12-14,19-22,28-29,32H,3-4,6-7,11,15-17H2,1-2H3,(H,27,30);7,9,12-15,21-22H,3-6,8,10-11H2,1-2H3,(H,20,23);1-5,8H,6H2/t19-,20?,21+,22+,25+,26+;12-,13?,14+,15+,18+,19+;/m11./s1. The van der Waals surface area contributed by atoms with E-state index in [1.807, 2.05) is 79.8 Å². The van der Waals surface area contributed by atoms with Gasteiger partial charge in [0, 0.05) is 23.3 Å². The smallest absolute Gasteiger partial charge is 0.339 e. The molecule has 2 aromatic rings.